The van der Waals surface area contributed by atoms with Gasteiger partial charge in [0.1, 0.15) is 13.2 Å². The van der Waals surface area contributed by atoms with E-state index in [1.54, 1.807) is 0 Å². The van der Waals surface area contributed by atoms with Crippen LogP contribution in [0.3, 0.4) is 0 Å². The molecular formula is C62H114NO8+. The number of rotatable bonds is 55. The maximum atomic E-state index is 12.9. The van der Waals surface area contributed by atoms with Gasteiger partial charge in [-0.1, -0.05) is 255 Å². The second-order valence-electron chi connectivity index (χ2n) is 21.3. The minimum atomic E-state index is -1.51. The van der Waals surface area contributed by atoms with E-state index in [1.165, 1.54) is 167 Å². The molecule has 0 aromatic rings. The van der Waals surface area contributed by atoms with Gasteiger partial charge in [-0.05, 0) is 51.4 Å². The van der Waals surface area contributed by atoms with Crippen molar-refractivity contribution in [2.45, 2.75) is 283 Å². The van der Waals surface area contributed by atoms with Gasteiger partial charge in [0.25, 0.3) is 6.29 Å². The highest BCUT2D eigenvalue weighted by molar-refractivity contribution is 5.71. The van der Waals surface area contributed by atoms with Gasteiger partial charge in [-0.15, -0.1) is 0 Å². The van der Waals surface area contributed by atoms with Crippen LogP contribution in [0.2, 0.25) is 0 Å². The summed E-state index contributed by atoms with van der Waals surface area (Å²) in [6, 6.07) is 0. The standard InChI is InChI=1S/C62H113NO8/c1-6-8-10-12-14-16-18-20-22-24-26-28-29-30-31-33-34-36-38-40-42-44-46-48-50-52-59(64)69-56-58(57-70-62(61(66)67)68-55-54-63(3,4)5)71-60(65)53-51-49-47-45-43-41-39-37-35-32-27-25-23-21-19-17-15-13-11-9-7-2/h9,11,15,17,21,23,27,32,58,62H,6-8,10,12-14,16,18-20,22,24-26,28-31,33-57H2,1-5H3/p+1/b11-9-,17-15-,23-21-,32-27-. The molecule has 2 unspecified atom stereocenters. The second-order valence-corrected chi connectivity index (χ2v) is 21.3. The maximum absolute atomic E-state index is 12.9. The van der Waals surface area contributed by atoms with Crippen molar-refractivity contribution in [3.8, 4) is 0 Å². The van der Waals surface area contributed by atoms with Crippen LogP contribution < -0.4 is 0 Å². The summed E-state index contributed by atoms with van der Waals surface area (Å²) in [6.07, 6.45) is 63.4. The first-order valence-corrected chi connectivity index (χ1v) is 29.8. The number of ether oxygens (including phenoxy) is 4. The second kappa shape index (κ2) is 53.5. The van der Waals surface area contributed by atoms with Gasteiger partial charge in [-0.2, -0.15) is 0 Å². The van der Waals surface area contributed by atoms with Crippen molar-refractivity contribution in [2.75, 3.05) is 47.5 Å². The van der Waals surface area contributed by atoms with Gasteiger partial charge < -0.3 is 28.5 Å². The quantitative estimate of drug-likeness (QED) is 0.0211. The van der Waals surface area contributed by atoms with Crippen molar-refractivity contribution in [1.29, 1.82) is 0 Å². The number of esters is 2. The van der Waals surface area contributed by atoms with Crippen molar-refractivity contribution in [1.82, 2.24) is 0 Å². The van der Waals surface area contributed by atoms with Crippen LogP contribution in [0.1, 0.15) is 271 Å². The molecule has 0 aliphatic carbocycles. The number of nitrogens with zero attached hydrogens (tertiary/aromatic N) is 1. The van der Waals surface area contributed by atoms with Crippen LogP contribution in [0, 0.1) is 0 Å². The summed E-state index contributed by atoms with van der Waals surface area (Å²) in [5, 5.41) is 9.71. The Morgan fingerprint density at radius 3 is 1.20 bits per heavy atom. The Morgan fingerprint density at radius 2 is 0.803 bits per heavy atom. The van der Waals surface area contributed by atoms with Crippen molar-refractivity contribution in [3.63, 3.8) is 0 Å². The molecule has 0 aromatic carbocycles. The lowest BCUT2D eigenvalue weighted by atomic mass is 10.0. The number of quaternary nitrogens is 1. The number of carboxylic acid groups (broad SMARTS) is 1. The highest BCUT2D eigenvalue weighted by atomic mass is 16.7. The highest BCUT2D eigenvalue weighted by Gasteiger charge is 2.25. The Kier molecular flexibility index (Phi) is 51.5. The zero-order valence-corrected chi connectivity index (χ0v) is 47.1. The average Bonchev–Trinajstić information content (AvgIpc) is 3.34. The summed E-state index contributed by atoms with van der Waals surface area (Å²) in [4.78, 5) is 37.4. The molecule has 0 saturated heterocycles. The van der Waals surface area contributed by atoms with Gasteiger partial charge in [-0.25, -0.2) is 4.79 Å². The third-order valence-corrected chi connectivity index (χ3v) is 13.1. The topological polar surface area (TPSA) is 108 Å². The molecule has 9 nitrogen and oxygen atoms in total. The van der Waals surface area contributed by atoms with E-state index in [0.29, 0.717) is 23.9 Å². The number of likely N-dealkylation sites (N-methyl/N-ethyl adjacent to an activating group) is 1. The Balaban J connectivity index is 4.20. The summed E-state index contributed by atoms with van der Waals surface area (Å²) in [7, 11) is 5.97. The predicted molar refractivity (Wildman–Crippen MR) is 300 cm³/mol. The fourth-order valence-electron chi connectivity index (χ4n) is 8.54. The summed E-state index contributed by atoms with van der Waals surface area (Å²) in [6.45, 7) is 4.79. The molecule has 1 N–H and O–H groups in total. The number of allylic oxidation sites excluding steroid dienone is 8. The third-order valence-electron chi connectivity index (χ3n) is 13.1. The van der Waals surface area contributed by atoms with E-state index < -0.39 is 24.3 Å². The zero-order valence-electron chi connectivity index (χ0n) is 47.1. The molecule has 0 spiro atoms. The number of unbranched alkanes of at least 4 members (excludes halogenated alkanes) is 32. The molecule has 0 aliphatic rings. The summed E-state index contributed by atoms with van der Waals surface area (Å²) < 4.78 is 22.9. The van der Waals surface area contributed by atoms with Crippen LogP contribution in [0.25, 0.3) is 0 Å². The lowest BCUT2D eigenvalue weighted by molar-refractivity contribution is -0.870. The number of hydrogen-bond acceptors (Lipinski definition) is 7. The molecule has 0 aliphatic heterocycles. The van der Waals surface area contributed by atoms with Crippen LogP contribution in [0.4, 0.5) is 0 Å². The van der Waals surface area contributed by atoms with Gasteiger partial charge in [0.05, 0.1) is 34.4 Å². The molecule has 2 atom stereocenters. The van der Waals surface area contributed by atoms with E-state index in [1.807, 2.05) is 21.1 Å². The molecule has 0 radical (unpaired) electrons. The van der Waals surface area contributed by atoms with Crippen LogP contribution in [-0.4, -0.2) is 87.4 Å². The van der Waals surface area contributed by atoms with Crippen molar-refractivity contribution >= 4 is 17.9 Å². The van der Waals surface area contributed by atoms with Gasteiger partial charge in [-0.3, -0.25) is 9.59 Å². The van der Waals surface area contributed by atoms with E-state index in [-0.39, 0.29) is 32.2 Å². The third kappa shape index (κ3) is 54.9. The summed E-state index contributed by atoms with van der Waals surface area (Å²) in [5.41, 5.74) is 0. The Hall–Kier alpha value is -2.75. The maximum Gasteiger partial charge on any atom is 0.361 e. The van der Waals surface area contributed by atoms with Crippen LogP contribution >= 0.6 is 0 Å². The molecule has 0 amide bonds. The summed E-state index contributed by atoms with van der Waals surface area (Å²) in [5.74, 6) is -2.00. The average molecular weight is 1000 g/mol. The van der Waals surface area contributed by atoms with E-state index in [9.17, 15) is 19.5 Å². The van der Waals surface area contributed by atoms with E-state index in [0.717, 1.165) is 70.6 Å². The molecule has 0 saturated carbocycles. The molecule has 0 aromatic heterocycles. The largest absolute Gasteiger partial charge is 0.477 e. The van der Waals surface area contributed by atoms with Gasteiger partial charge in [0, 0.05) is 12.8 Å². The number of carbonyl (C=O) groups excluding carboxylic acids is 2. The number of hydrogen-bond donors (Lipinski definition) is 1. The van der Waals surface area contributed by atoms with Crippen LogP contribution in [0.15, 0.2) is 48.6 Å². The Labute approximate surface area is 438 Å². The number of carboxylic acids is 1. The number of carbonyl (C=O) groups is 3. The normalized spacial score (nSPS) is 13.1. The molecule has 0 rings (SSSR count). The molecule has 0 fully saturated rings. The molecule has 414 valence electrons. The van der Waals surface area contributed by atoms with E-state index in [4.69, 9.17) is 18.9 Å². The zero-order chi connectivity index (χ0) is 52.0. The molecule has 71 heavy (non-hydrogen) atoms. The van der Waals surface area contributed by atoms with Gasteiger partial charge >= 0.3 is 17.9 Å². The highest BCUT2D eigenvalue weighted by Crippen LogP contribution is 2.17. The molecule has 0 heterocycles. The summed E-state index contributed by atoms with van der Waals surface area (Å²) >= 11 is 0. The smallest absolute Gasteiger partial charge is 0.361 e. The minimum Gasteiger partial charge on any atom is -0.477 e. The lowest BCUT2D eigenvalue weighted by Gasteiger charge is -2.25. The van der Waals surface area contributed by atoms with Gasteiger partial charge in [0.2, 0.25) is 0 Å². The molecule has 9 heteroatoms. The molecular weight excluding hydrogens is 887 g/mol. The van der Waals surface area contributed by atoms with Crippen LogP contribution in [-0.2, 0) is 33.3 Å². The predicted octanol–water partition coefficient (Wildman–Crippen LogP) is 17.5. The fourth-order valence-corrected chi connectivity index (χ4v) is 8.54. The van der Waals surface area contributed by atoms with E-state index in [2.05, 4.69) is 62.5 Å². The minimum absolute atomic E-state index is 0.183. The fraction of sp³-hybridized carbons (Fsp3) is 0.823. The first-order valence-electron chi connectivity index (χ1n) is 29.8. The van der Waals surface area contributed by atoms with Crippen LogP contribution in [0.5, 0.6) is 0 Å². The van der Waals surface area contributed by atoms with Crippen molar-refractivity contribution in [3.05, 3.63) is 48.6 Å². The molecule has 0 bridgehead atoms. The first-order chi connectivity index (χ1) is 34.6. The first kappa shape index (κ1) is 68.2. The van der Waals surface area contributed by atoms with E-state index >= 15 is 0 Å². The SMILES string of the molecule is CC/C=C\C/C=C\C/C=C\C/C=C\CCCCCCCCCCC(=O)OC(COC(=O)CCCCCCCCCCCCCCCCCCCCCCCCCCC)COC(OCC[N+](C)(C)C)C(=O)O. The van der Waals surface area contributed by atoms with Crippen molar-refractivity contribution in [2.24, 2.45) is 0 Å². The lowest BCUT2D eigenvalue weighted by Crippen LogP contribution is -2.40. The Morgan fingerprint density at radius 1 is 0.437 bits per heavy atom. The number of aliphatic carboxylic acids is 1. The Bertz CT molecular complexity index is 1300. The monoisotopic (exact) mass is 1000 g/mol. The van der Waals surface area contributed by atoms with Crippen molar-refractivity contribution < 1.29 is 42.9 Å². The van der Waals surface area contributed by atoms with Gasteiger partial charge in [0.15, 0.2) is 6.10 Å².